The van der Waals surface area contributed by atoms with Crippen LogP contribution in [0.4, 0.5) is 0 Å². The van der Waals surface area contributed by atoms with E-state index < -0.39 is 0 Å². The summed E-state index contributed by atoms with van der Waals surface area (Å²) in [5.74, 6) is -0.262. The molecule has 0 aromatic carbocycles. The molecule has 0 N–H and O–H groups in total. The van der Waals surface area contributed by atoms with Crippen molar-refractivity contribution < 1.29 is 40.6 Å². The smallest absolute Gasteiger partial charge is 0.491 e. The van der Waals surface area contributed by atoms with E-state index in [9.17, 15) is 4.79 Å². The molecule has 0 radical (unpaired) electrons. The van der Waals surface area contributed by atoms with Crippen molar-refractivity contribution in [2.45, 2.75) is 19.8 Å². The van der Waals surface area contributed by atoms with Gasteiger partial charge in [0, 0.05) is 0 Å². The summed E-state index contributed by atoms with van der Waals surface area (Å²) in [6.07, 6.45) is 4.93. The van der Waals surface area contributed by atoms with Gasteiger partial charge in [-0.15, -0.1) is 13.3 Å². The zero-order valence-corrected chi connectivity index (χ0v) is 11.3. The zero-order valence-electron chi connectivity index (χ0n) is 10.2. The molecule has 6 heteroatoms. The van der Waals surface area contributed by atoms with Crippen LogP contribution in [-0.4, -0.2) is 13.1 Å². The van der Waals surface area contributed by atoms with E-state index in [1.165, 1.54) is 19.1 Å². The molecular formula is C12H14FeO5. The van der Waals surface area contributed by atoms with E-state index in [2.05, 4.69) is 31.6 Å². The molecule has 0 aromatic heterocycles. The summed E-state index contributed by atoms with van der Waals surface area (Å²) in [6.45, 7) is 19.1. The van der Waals surface area contributed by atoms with Crippen molar-refractivity contribution in [3.05, 3.63) is 44.9 Å². The SMILES string of the molecule is [C-]#[O+].[C-]#[O+].[C-]#[O+].[CH2-]/C=C(/C)CC[CH-]C(=O)OC.[Fe+2]. The first-order chi connectivity index (χ1) is 8.20. The standard InChI is InChI=1S/C9H14O2.3CO.Fe/c1-4-8(2)6-5-7-9(10)11-3;3*1-2;/h4,7H,1,5-6H2,2-3H3;;;;/q-2;;;;+2/b8-4-;;;;. The molecule has 0 rings (SSSR count). The van der Waals surface area contributed by atoms with E-state index in [1.807, 2.05) is 6.92 Å². The van der Waals surface area contributed by atoms with E-state index >= 15 is 0 Å². The van der Waals surface area contributed by atoms with Crippen molar-refractivity contribution in [2.24, 2.45) is 0 Å². The third kappa shape index (κ3) is 36.5. The number of hydrogen-bond acceptors (Lipinski definition) is 2. The molecule has 0 saturated heterocycles. The third-order valence-electron chi connectivity index (χ3n) is 1.40. The number of allylic oxidation sites excluding steroid dienone is 2. The zero-order chi connectivity index (χ0) is 14.7. The third-order valence-corrected chi connectivity index (χ3v) is 1.40. The van der Waals surface area contributed by atoms with Crippen molar-refractivity contribution in [1.29, 1.82) is 0 Å². The van der Waals surface area contributed by atoms with Crippen molar-refractivity contribution in [3.8, 4) is 0 Å². The molecule has 0 atom stereocenters. The summed E-state index contributed by atoms with van der Waals surface area (Å²) in [7, 11) is 1.38. The summed E-state index contributed by atoms with van der Waals surface area (Å²) in [6, 6.07) is 0. The molecule has 0 spiro atoms. The minimum atomic E-state index is -0.262. The fourth-order valence-corrected chi connectivity index (χ4v) is 0.603. The molecule has 18 heavy (non-hydrogen) atoms. The van der Waals surface area contributed by atoms with Crippen molar-refractivity contribution >= 4 is 5.97 Å². The fourth-order valence-electron chi connectivity index (χ4n) is 0.603. The van der Waals surface area contributed by atoms with Gasteiger partial charge in [-0.25, -0.2) is 18.6 Å². The van der Waals surface area contributed by atoms with E-state index in [0.29, 0.717) is 0 Å². The summed E-state index contributed by atoms with van der Waals surface area (Å²) < 4.78 is 26.9. The van der Waals surface area contributed by atoms with Crippen LogP contribution < -0.4 is 0 Å². The first-order valence-corrected chi connectivity index (χ1v) is 4.18. The van der Waals surface area contributed by atoms with Gasteiger partial charge < -0.3 is 4.74 Å². The number of ether oxygens (including phenoxy) is 1. The van der Waals surface area contributed by atoms with Crippen LogP contribution in [0.3, 0.4) is 0 Å². The van der Waals surface area contributed by atoms with Crippen molar-refractivity contribution in [1.82, 2.24) is 0 Å². The number of carbonyl (C=O) groups excluding carboxylic acids is 1. The Hall–Kier alpha value is -1.31. The average molecular weight is 294 g/mol. The predicted octanol–water partition coefficient (Wildman–Crippen LogP) is 1.81. The summed E-state index contributed by atoms with van der Waals surface area (Å²) in [5, 5.41) is 0. The maximum Gasteiger partial charge on any atom is 2.00 e. The van der Waals surface area contributed by atoms with Gasteiger partial charge in [0.15, 0.2) is 5.97 Å². The maximum absolute atomic E-state index is 10.6. The van der Waals surface area contributed by atoms with Gasteiger partial charge in [0.25, 0.3) is 0 Å². The Morgan fingerprint density at radius 1 is 1.28 bits per heavy atom. The Balaban J connectivity index is -0.0000000700. The molecule has 0 aromatic rings. The fraction of sp³-hybridized carbons (Fsp3) is 0.333. The largest absolute Gasteiger partial charge is 2.00 e. The molecule has 0 fully saturated rings. The van der Waals surface area contributed by atoms with Crippen molar-refractivity contribution in [3.63, 3.8) is 0 Å². The van der Waals surface area contributed by atoms with Gasteiger partial charge in [0.2, 0.25) is 0 Å². The van der Waals surface area contributed by atoms with Crippen LogP contribution in [0.25, 0.3) is 0 Å². The molecular weight excluding hydrogens is 280 g/mol. The van der Waals surface area contributed by atoms with Crippen LogP contribution in [0, 0.1) is 33.3 Å². The minimum Gasteiger partial charge on any atom is -0.491 e. The van der Waals surface area contributed by atoms with Gasteiger partial charge in [-0.2, -0.15) is 6.42 Å². The molecule has 0 saturated carbocycles. The molecule has 0 aliphatic heterocycles. The van der Waals surface area contributed by atoms with Crippen LogP contribution in [0.5, 0.6) is 0 Å². The molecule has 0 aliphatic carbocycles. The van der Waals surface area contributed by atoms with E-state index in [1.54, 1.807) is 6.08 Å². The Kier molecular flexibility index (Phi) is 60.2. The van der Waals surface area contributed by atoms with Crippen LogP contribution in [0.2, 0.25) is 0 Å². The van der Waals surface area contributed by atoms with E-state index in [-0.39, 0.29) is 23.0 Å². The van der Waals surface area contributed by atoms with Gasteiger partial charge in [-0.3, -0.25) is 11.2 Å². The molecule has 5 nitrogen and oxygen atoms in total. The normalized spacial score (nSPS) is 7.00. The van der Waals surface area contributed by atoms with Crippen LogP contribution >= 0.6 is 0 Å². The van der Waals surface area contributed by atoms with Gasteiger partial charge in [0.05, 0.1) is 7.11 Å². The van der Waals surface area contributed by atoms with Gasteiger partial charge >= 0.3 is 51.0 Å². The van der Waals surface area contributed by atoms with Gasteiger partial charge in [-0.1, -0.05) is 0 Å². The summed E-state index contributed by atoms with van der Waals surface area (Å²) in [5.41, 5.74) is 1.19. The second-order valence-electron chi connectivity index (χ2n) is 2.32. The predicted molar refractivity (Wildman–Crippen MR) is 56.5 cm³/mol. The second kappa shape index (κ2) is 36.1. The van der Waals surface area contributed by atoms with Crippen LogP contribution in [0.1, 0.15) is 19.8 Å². The Morgan fingerprint density at radius 2 is 1.67 bits per heavy atom. The molecule has 0 bridgehead atoms. The first kappa shape index (κ1) is 30.1. The Labute approximate surface area is 119 Å². The molecule has 0 unspecified atom stereocenters. The number of carbonyl (C=O) groups is 1. The number of esters is 1. The molecule has 0 aliphatic rings. The quantitative estimate of drug-likeness (QED) is 0.342. The monoisotopic (exact) mass is 294 g/mol. The second-order valence-corrected chi connectivity index (χ2v) is 2.32. The number of methoxy groups -OCH3 is 1. The average Bonchev–Trinajstić information content (AvgIpc) is 2.44. The molecule has 0 amide bonds. The van der Waals surface area contributed by atoms with E-state index in [0.717, 1.165) is 12.8 Å². The summed E-state index contributed by atoms with van der Waals surface area (Å²) >= 11 is 0. The van der Waals surface area contributed by atoms with Crippen LogP contribution in [0.15, 0.2) is 11.6 Å². The number of hydrogen-bond donors (Lipinski definition) is 0. The topological polar surface area (TPSA) is 86.0 Å². The van der Waals surface area contributed by atoms with Crippen LogP contribution in [-0.2, 0) is 40.6 Å². The van der Waals surface area contributed by atoms with E-state index in [4.69, 9.17) is 14.0 Å². The Bertz CT molecular complexity index is 239. The molecule has 0 heterocycles. The minimum absolute atomic E-state index is 0. The summed E-state index contributed by atoms with van der Waals surface area (Å²) in [4.78, 5) is 10.6. The maximum atomic E-state index is 10.6. The first-order valence-electron chi connectivity index (χ1n) is 4.18. The van der Waals surface area contributed by atoms with Gasteiger partial charge in [0.1, 0.15) is 0 Å². The van der Waals surface area contributed by atoms with Crippen molar-refractivity contribution in [2.75, 3.05) is 7.11 Å². The Morgan fingerprint density at radius 3 is 1.94 bits per heavy atom. The van der Waals surface area contributed by atoms with Gasteiger partial charge in [-0.05, 0) is 0 Å². The molecule has 100 valence electrons. The number of rotatable bonds is 4.